The van der Waals surface area contributed by atoms with Crippen molar-refractivity contribution in [2.24, 2.45) is 5.92 Å². The summed E-state index contributed by atoms with van der Waals surface area (Å²) in [5, 5.41) is 2.84. The minimum Gasteiger partial charge on any atom is -0.462 e. The minimum atomic E-state index is -0.400. The van der Waals surface area contributed by atoms with Crippen LogP contribution in [0.25, 0.3) is 0 Å². The standard InChI is InChI=1S/C14H20N2O3/c1-3-19-14(18)12-9(2)15-8-11(12)16-13(17)10-6-4-5-7-10/h8,10,15H,3-7H2,1-2H3,(H,16,17). The number of carbonyl (C=O) groups is 2. The van der Waals surface area contributed by atoms with Crippen molar-refractivity contribution in [2.75, 3.05) is 11.9 Å². The lowest BCUT2D eigenvalue weighted by molar-refractivity contribution is -0.119. The molecule has 2 rings (SSSR count). The maximum absolute atomic E-state index is 12.1. The molecule has 0 unspecified atom stereocenters. The van der Waals surface area contributed by atoms with Crippen LogP contribution in [0.3, 0.4) is 0 Å². The van der Waals surface area contributed by atoms with Gasteiger partial charge in [0.05, 0.1) is 12.3 Å². The van der Waals surface area contributed by atoms with Gasteiger partial charge in [-0.05, 0) is 26.7 Å². The highest BCUT2D eigenvalue weighted by atomic mass is 16.5. The van der Waals surface area contributed by atoms with Crippen molar-refractivity contribution in [1.82, 2.24) is 4.98 Å². The van der Waals surface area contributed by atoms with E-state index in [4.69, 9.17) is 4.74 Å². The van der Waals surface area contributed by atoms with Gasteiger partial charge in [-0.2, -0.15) is 0 Å². The molecule has 1 heterocycles. The average molecular weight is 264 g/mol. The molecule has 1 amide bonds. The Morgan fingerprint density at radius 1 is 1.42 bits per heavy atom. The largest absolute Gasteiger partial charge is 0.462 e. The molecule has 0 aliphatic heterocycles. The Bertz CT molecular complexity index is 473. The monoisotopic (exact) mass is 264 g/mol. The van der Waals surface area contributed by atoms with Gasteiger partial charge in [0.2, 0.25) is 5.91 Å². The van der Waals surface area contributed by atoms with Crippen LogP contribution in [-0.4, -0.2) is 23.5 Å². The number of hydrogen-bond donors (Lipinski definition) is 2. The Hall–Kier alpha value is -1.78. The van der Waals surface area contributed by atoms with Crippen LogP contribution < -0.4 is 5.32 Å². The van der Waals surface area contributed by atoms with Gasteiger partial charge in [0.25, 0.3) is 0 Å². The summed E-state index contributed by atoms with van der Waals surface area (Å²) in [5.74, 6) is -0.324. The Balaban J connectivity index is 2.11. The predicted molar refractivity (Wildman–Crippen MR) is 72.1 cm³/mol. The van der Waals surface area contributed by atoms with Gasteiger partial charge in [-0.3, -0.25) is 4.79 Å². The topological polar surface area (TPSA) is 71.2 Å². The number of carbonyl (C=O) groups excluding carboxylic acids is 2. The van der Waals surface area contributed by atoms with Crippen LogP contribution in [-0.2, 0) is 9.53 Å². The molecule has 0 bridgehead atoms. The van der Waals surface area contributed by atoms with Crippen molar-refractivity contribution >= 4 is 17.6 Å². The first-order valence-corrected chi connectivity index (χ1v) is 6.79. The number of nitrogens with one attached hydrogen (secondary N) is 2. The lowest BCUT2D eigenvalue weighted by Crippen LogP contribution is -2.21. The Morgan fingerprint density at radius 2 is 2.11 bits per heavy atom. The van der Waals surface area contributed by atoms with Crippen molar-refractivity contribution in [3.8, 4) is 0 Å². The smallest absolute Gasteiger partial charge is 0.342 e. The van der Waals surface area contributed by atoms with Crippen molar-refractivity contribution in [3.05, 3.63) is 17.5 Å². The molecule has 0 aromatic carbocycles. The summed E-state index contributed by atoms with van der Waals surface area (Å²) in [6.45, 7) is 3.87. The molecule has 0 atom stereocenters. The second-order valence-corrected chi connectivity index (χ2v) is 4.89. The highest BCUT2D eigenvalue weighted by molar-refractivity contribution is 6.02. The van der Waals surface area contributed by atoms with Crippen molar-refractivity contribution in [1.29, 1.82) is 0 Å². The van der Waals surface area contributed by atoms with Crippen LogP contribution >= 0.6 is 0 Å². The van der Waals surface area contributed by atoms with Crippen molar-refractivity contribution in [2.45, 2.75) is 39.5 Å². The first-order valence-electron chi connectivity index (χ1n) is 6.79. The van der Waals surface area contributed by atoms with Gasteiger partial charge in [-0.25, -0.2) is 4.79 Å². The van der Waals surface area contributed by atoms with E-state index in [1.807, 2.05) is 0 Å². The molecule has 1 saturated carbocycles. The summed E-state index contributed by atoms with van der Waals surface area (Å²) in [6.07, 6.45) is 5.73. The number of aromatic nitrogens is 1. The number of H-pyrrole nitrogens is 1. The molecular weight excluding hydrogens is 244 g/mol. The van der Waals surface area contributed by atoms with Crippen LogP contribution in [0, 0.1) is 12.8 Å². The fourth-order valence-electron chi connectivity index (χ4n) is 2.51. The van der Waals surface area contributed by atoms with Crippen molar-refractivity contribution < 1.29 is 14.3 Å². The number of aryl methyl sites for hydroxylation is 1. The van der Waals surface area contributed by atoms with Crippen LogP contribution in [0.4, 0.5) is 5.69 Å². The summed E-state index contributed by atoms with van der Waals surface area (Å²) in [7, 11) is 0. The van der Waals surface area contributed by atoms with Gasteiger partial charge < -0.3 is 15.0 Å². The van der Waals surface area contributed by atoms with E-state index in [0.717, 1.165) is 25.7 Å². The van der Waals surface area contributed by atoms with Gasteiger partial charge in [-0.15, -0.1) is 0 Å². The molecule has 0 saturated heterocycles. The minimum absolute atomic E-state index is 0.00190. The quantitative estimate of drug-likeness (QED) is 0.821. The third-order valence-corrected chi connectivity index (χ3v) is 3.54. The van der Waals surface area contributed by atoms with E-state index in [-0.39, 0.29) is 11.8 Å². The number of esters is 1. The molecular formula is C14H20N2O3. The molecule has 2 N–H and O–H groups in total. The molecule has 0 spiro atoms. The molecule has 19 heavy (non-hydrogen) atoms. The summed E-state index contributed by atoms with van der Waals surface area (Å²) in [5.41, 5.74) is 1.65. The predicted octanol–water partition coefficient (Wildman–Crippen LogP) is 2.63. The number of aromatic amines is 1. The summed E-state index contributed by atoms with van der Waals surface area (Å²) < 4.78 is 5.00. The van der Waals surface area contributed by atoms with Crippen LogP contribution in [0.2, 0.25) is 0 Å². The van der Waals surface area contributed by atoms with Gasteiger partial charge in [0.15, 0.2) is 0 Å². The second-order valence-electron chi connectivity index (χ2n) is 4.89. The zero-order chi connectivity index (χ0) is 13.8. The molecule has 1 aliphatic carbocycles. The molecule has 5 heteroatoms. The number of ether oxygens (including phenoxy) is 1. The fourth-order valence-corrected chi connectivity index (χ4v) is 2.51. The fraction of sp³-hybridized carbons (Fsp3) is 0.571. The van der Waals surface area contributed by atoms with Crippen LogP contribution in [0.15, 0.2) is 6.20 Å². The van der Waals surface area contributed by atoms with Crippen LogP contribution in [0.5, 0.6) is 0 Å². The van der Waals surface area contributed by atoms with Gasteiger partial charge >= 0.3 is 5.97 Å². The van der Waals surface area contributed by atoms with Crippen LogP contribution in [0.1, 0.15) is 48.7 Å². The number of rotatable bonds is 4. The highest BCUT2D eigenvalue weighted by Crippen LogP contribution is 2.27. The first kappa shape index (κ1) is 13.6. The molecule has 5 nitrogen and oxygen atoms in total. The zero-order valence-corrected chi connectivity index (χ0v) is 11.4. The SMILES string of the molecule is CCOC(=O)c1c(NC(=O)C2CCCC2)c[nH]c1C. The van der Waals surface area contributed by atoms with Gasteiger partial charge in [0.1, 0.15) is 5.56 Å². The molecule has 1 aromatic heterocycles. The van der Waals surface area contributed by atoms with E-state index >= 15 is 0 Å². The van der Waals surface area contributed by atoms with E-state index in [1.54, 1.807) is 20.0 Å². The molecule has 1 aliphatic rings. The Labute approximate surface area is 112 Å². The number of hydrogen-bond acceptors (Lipinski definition) is 3. The number of anilines is 1. The summed E-state index contributed by atoms with van der Waals surface area (Å²) in [6, 6.07) is 0. The molecule has 1 fully saturated rings. The van der Waals surface area contributed by atoms with E-state index in [9.17, 15) is 9.59 Å². The molecule has 0 radical (unpaired) electrons. The third-order valence-electron chi connectivity index (χ3n) is 3.54. The third kappa shape index (κ3) is 2.97. The Kier molecular flexibility index (Phi) is 4.24. The first-order chi connectivity index (χ1) is 9.13. The zero-order valence-electron chi connectivity index (χ0n) is 11.4. The van der Waals surface area contributed by atoms with E-state index < -0.39 is 5.97 Å². The maximum Gasteiger partial charge on any atom is 0.342 e. The number of amides is 1. The lowest BCUT2D eigenvalue weighted by Gasteiger charge is -2.11. The second kappa shape index (κ2) is 5.91. The summed E-state index contributed by atoms with van der Waals surface area (Å²) >= 11 is 0. The normalized spacial score (nSPS) is 15.5. The van der Waals surface area contributed by atoms with Crippen molar-refractivity contribution in [3.63, 3.8) is 0 Å². The lowest BCUT2D eigenvalue weighted by atomic mass is 10.1. The maximum atomic E-state index is 12.1. The van der Waals surface area contributed by atoms with E-state index in [2.05, 4.69) is 10.3 Å². The Morgan fingerprint density at radius 3 is 2.74 bits per heavy atom. The van der Waals surface area contributed by atoms with E-state index in [0.29, 0.717) is 23.6 Å². The van der Waals surface area contributed by atoms with E-state index in [1.165, 1.54) is 0 Å². The van der Waals surface area contributed by atoms with Gasteiger partial charge in [0, 0.05) is 17.8 Å². The average Bonchev–Trinajstić information content (AvgIpc) is 2.99. The molecule has 104 valence electrons. The highest BCUT2D eigenvalue weighted by Gasteiger charge is 2.25. The summed E-state index contributed by atoms with van der Waals surface area (Å²) in [4.78, 5) is 26.9. The van der Waals surface area contributed by atoms with Gasteiger partial charge in [-0.1, -0.05) is 12.8 Å². The molecule has 1 aromatic rings.